The molecule has 2 aromatic carbocycles. The summed E-state index contributed by atoms with van der Waals surface area (Å²) in [5.74, 6) is 1.13. The molecule has 182 valence electrons. The van der Waals surface area contributed by atoms with Crippen LogP contribution < -0.4 is 4.90 Å². The highest BCUT2D eigenvalue weighted by atomic mass is 35.5. The lowest BCUT2D eigenvalue weighted by Gasteiger charge is -2.35. The highest BCUT2D eigenvalue weighted by Crippen LogP contribution is 2.25. The van der Waals surface area contributed by atoms with E-state index >= 15 is 0 Å². The van der Waals surface area contributed by atoms with E-state index in [0.29, 0.717) is 49.3 Å². The van der Waals surface area contributed by atoms with Gasteiger partial charge in [-0.25, -0.2) is 4.79 Å². The summed E-state index contributed by atoms with van der Waals surface area (Å²) < 4.78 is 10.7. The third-order valence-electron chi connectivity index (χ3n) is 6.29. The SMILES string of the molecule is Cc1nc(-c2ccc(N3CC(CN4CCN(C(=O)Cc5ccc(Cl)cc5)CC4)OC3=O)cc2)no1. The predicted molar refractivity (Wildman–Crippen MR) is 130 cm³/mol. The van der Waals surface area contributed by atoms with Crippen LogP contribution in [0.25, 0.3) is 11.4 Å². The lowest BCUT2D eigenvalue weighted by atomic mass is 10.1. The van der Waals surface area contributed by atoms with E-state index in [0.717, 1.165) is 29.9 Å². The summed E-state index contributed by atoms with van der Waals surface area (Å²) in [6, 6.07) is 14.8. The molecule has 1 atom stereocenters. The first-order valence-corrected chi connectivity index (χ1v) is 12.0. The molecule has 0 N–H and O–H groups in total. The molecule has 0 aliphatic carbocycles. The molecule has 2 saturated heterocycles. The maximum absolute atomic E-state index is 12.6. The molecule has 2 aliphatic rings. The van der Waals surface area contributed by atoms with Crippen LogP contribution in [-0.2, 0) is 16.0 Å². The predicted octanol–water partition coefficient (Wildman–Crippen LogP) is 3.41. The van der Waals surface area contributed by atoms with E-state index in [1.54, 1.807) is 24.0 Å². The van der Waals surface area contributed by atoms with Crippen molar-refractivity contribution >= 4 is 29.3 Å². The molecular weight excluding hydrogens is 470 g/mol. The summed E-state index contributed by atoms with van der Waals surface area (Å²) in [6.07, 6.45) is -0.203. The number of cyclic esters (lactones) is 1. The van der Waals surface area contributed by atoms with Gasteiger partial charge in [0.15, 0.2) is 0 Å². The first kappa shape index (κ1) is 23.3. The molecule has 3 aromatic rings. The average Bonchev–Trinajstić information content (AvgIpc) is 3.46. The Kier molecular flexibility index (Phi) is 6.70. The van der Waals surface area contributed by atoms with Crippen molar-refractivity contribution in [2.75, 3.05) is 44.2 Å². The lowest BCUT2D eigenvalue weighted by Crippen LogP contribution is -2.51. The van der Waals surface area contributed by atoms with Gasteiger partial charge in [0.2, 0.25) is 17.6 Å². The number of benzene rings is 2. The summed E-state index contributed by atoms with van der Waals surface area (Å²) in [7, 11) is 0. The van der Waals surface area contributed by atoms with Gasteiger partial charge in [-0.15, -0.1) is 0 Å². The highest BCUT2D eigenvalue weighted by Gasteiger charge is 2.34. The fraction of sp³-hybridized carbons (Fsp3) is 0.360. The molecule has 0 radical (unpaired) electrons. The smallest absolute Gasteiger partial charge is 0.414 e. The van der Waals surface area contributed by atoms with Gasteiger partial charge < -0.3 is 14.2 Å². The van der Waals surface area contributed by atoms with Crippen LogP contribution in [0, 0.1) is 6.92 Å². The number of nitrogens with zero attached hydrogens (tertiary/aromatic N) is 5. The summed E-state index contributed by atoms with van der Waals surface area (Å²) >= 11 is 5.92. The number of amides is 2. The van der Waals surface area contributed by atoms with Crippen LogP contribution in [0.3, 0.4) is 0 Å². The van der Waals surface area contributed by atoms with Gasteiger partial charge in [0.05, 0.1) is 13.0 Å². The van der Waals surface area contributed by atoms with Gasteiger partial charge in [-0.3, -0.25) is 14.6 Å². The van der Waals surface area contributed by atoms with Crippen LogP contribution in [0.1, 0.15) is 11.5 Å². The number of carbonyl (C=O) groups is 2. The first-order chi connectivity index (χ1) is 16.9. The third kappa shape index (κ3) is 5.47. The van der Waals surface area contributed by atoms with Gasteiger partial charge in [0, 0.05) is 55.9 Å². The molecule has 10 heteroatoms. The Morgan fingerprint density at radius 1 is 1.06 bits per heavy atom. The quantitative estimate of drug-likeness (QED) is 0.517. The fourth-order valence-electron chi connectivity index (χ4n) is 4.39. The fourth-order valence-corrected chi connectivity index (χ4v) is 4.52. The molecule has 2 amide bonds. The zero-order valence-electron chi connectivity index (χ0n) is 19.4. The van der Waals surface area contributed by atoms with Gasteiger partial charge in [-0.2, -0.15) is 4.98 Å². The molecule has 0 bridgehead atoms. The zero-order valence-corrected chi connectivity index (χ0v) is 20.1. The number of piperazine rings is 1. The molecule has 2 fully saturated rings. The summed E-state index contributed by atoms with van der Waals surface area (Å²) in [5.41, 5.74) is 2.54. The van der Waals surface area contributed by atoms with E-state index in [-0.39, 0.29) is 18.1 Å². The Labute approximate surface area is 208 Å². The van der Waals surface area contributed by atoms with Crippen LogP contribution in [0.2, 0.25) is 5.02 Å². The van der Waals surface area contributed by atoms with E-state index in [2.05, 4.69) is 15.0 Å². The van der Waals surface area contributed by atoms with Crippen molar-refractivity contribution in [1.82, 2.24) is 19.9 Å². The second kappa shape index (κ2) is 10.1. The van der Waals surface area contributed by atoms with E-state index in [1.807, 2.05) is 41.3 Å². The second-order valence-corrected chi connectivity index (χ2v) is 9.22. The van der Waals surface area contributed by atoms with E-state index in [1.165, 1.54) is 0 Å². The van der Waals surface area contributed by atoms with Crippen molar-refractivity contribution in [3.05, 3.63) is 65.0 Å². The molecular formula is C25H26ClN5O4. The number of ether oxygens (including phenoxy) is 1. The van der Waals surface area contributed by atoms with Gasteiger partial charge >= 0.3 is 6.09 Å². The monoisotopic (exact) mass is 495 g/mol. The normalized spacial score (nSPS) is 18.7. The van der Waals surface area contributed by atoms with Gasteiger partial charge in [-0.1, -0.05) is 28.9 Å². The topological polar surface area (TPSA) is 92.0 Å². The highest BCUT2D eigenvalue weighted by molar-refractivity contribution is 6.30. The number of anilines is 1. The molecule has 0 spiro atoms. The summed E-state index contributed by atoms with van der Waals surface area (Å²) in [5, 5.41) is 4.58. The third-order valence-corrected chi connectivity index (χ3v) is 6.55. The Bertz CT molecular complexity index is 1190. The van der Waals surface area contributed by atoms with Gasteiger partial charge in [0.1, 0.15) is 6.10 Å². The number of halogens is 1. The lowest BCUT2D eigenvalue weighted by molar-refractivity contribution is -0.132. The molecule has 1 unspecified atom stereocenters. The van der Waals surface area contributed by atoms with Crippen molar-refractivity contribution in [1.29, 1.82) is 0 Å². The van der Waals surface area contributed by atoms with Gasteiger partial charge in [-0.05, 0) is 42.0 Å². The minimum absolute atomic E-state index is 0.116. The van der Waals surface area contributed by atoms with Crippen molar-refractivity contribution in [2.24, 2.45) is 0 Å². The van der Waals surface area contributed by atoms with Crippen LogP contribution in [0.15, 0.2) is 53.1 Å². The largest absolute Gasteiger partial charge is 0.443 e. The summed E-state index contributed by atoms with van der Waals surface area (Å²) in [4.78, 5) is 35.2. The summed E-state index contributed by atoms with van der Waals surface area (Å²) in [6.45, 7) is 5.68. The maximum atomic E-state index is 12.6. The number of aryl methyl sites for hydroxylation is 1. The first-order valence-electron chi connectivity index (χ1n) is 11.6. The number of aromatic nitrogens is 2. The minimum atomic E-state index is -0.352. The Morgan fingerprint density at radius 2 is 1.77 bits per heavy atom. The second-order valence-electron chi connectivity index (χ2n) is 8.78. The molecule has 3 heterocycles. The van der Waals surface area contributed by atoms with Gasteiger partial charge in [0.25, 0.3) is 0 Å². The maximum Gasteiger partial charge on any atom is 0.414 e. The average molecular weight is 496 g/mol. The van der Waals surface area contributed by atoms with Crippen molar-refractivity contribution in [3.63, 3.8) is 0 Å². The van der Waals surface area contributed by atoms with E-state index in [4.69, 9.17) is 20.9 Å². The number of carbonyl (C=O) groups excluding carboxylic acids is 2. The number of rotatable bonds is 6. The minimum Gasteiger partial charge on any atom is -0.443 e. The van der Waals surface area contributed by atoms with Crippen LogP contribution in [0.5, 0.6) is 0 Å². The van der Waals surface area contributed by atoms with Crippen molar-refractivity contribution < 1.29 is 18.8 Å². The van der Waals surface area contributed by atoms with Crippen molar-refractivity contribution in [2.45, 2.75) is 19.4 Å². The van der Waals surface area contributed by atoms with Crippen LogP contribution in [0.4, 0.5) is 10.5 Å². The molecule has 5 rings (SSSR count). The molecule has 9 nitrogen and oxygen atoms in total. The number of hydrogen-bond acceptors (Lipinski definition) is 7. The zero-order chi connectivity index (χ0) is 24.4. The number of hydrogen-bond donors (Lipinski definition) is 0. The molecule has 0 saturated carbocycles. The van der Waals surface area contributed by atoms with E-state index in [9.17, 15) is 9.59 Å². The standard InChI is InChI=1S/C25H26ClN5O4/c1-17-27-24(28-35-17)19-4-8-21(9-5-19)31-16-22(34-25(31)33)15-29-10-12-30(13-11-29)23(32)14-18-2-6-20(26)7-3-18/h2-9,22H,10-16H2,1H3. The molecule has 2 aliphatic heterocycles. The molecule has 1 aromatic heterocycles. The van der Waals surface area contributed by atoms with Crippen LogP contribution in [-0.4, -0.2) is 77.3 Å². The van der Waals surface area contributed by atoms with E-state index < -0.39 is 0 Å². The van der Waals surface area contributed by atoms with Crippen LogP contribution >= 0.6 is 11.6 Å². The molecule has 35 heavy (non-hydrogen) atoms. The Hall–Kier alpha value is -3.43. The van der Waals surface area contributed by atoms with Crippen molar-refractivity contribution in [3.8, 4) is 11.4 Å². The Morgan fingerprint density at radius 3 is 2.43 bits per heavy atom. The Balaban J connectivity index is 1.11.